The first-order chi connectivity index (χ1) is 9.66. The van der Waals surface area contributed by atoms with Gasteiger partial charge < -0.3 is 0 Å². The Balaban J connectivity index is 2.21. The molecule has 0 spiro atoms. The van der Waals surface area contributed by atoms with Crippen molar-refractivity contribution < 1.29 is 0 Å². The van der Waals surface area contributed by atoms with Crippen molar-refractivity contribution in [2.75, 3.05) is 0 Å². The van der Waals surface area contributed by atoms with Gasteiger partial charge in [-0.15, -0.1) is 0 Å². The third kappa shape index (κ3) is 2.40. The molecule has 0 fully saturated rings. The number of aromatic nitrogens is 3. The van der Waals surface area contributed by atoms with Crippen LogP contribution in [0, 0.1) is 0 Å². The number of rotatable bonds is 2. The molecule has 0 amide bonds. The lowest BCUT2D eigenvalue weighted by Crippen LogP contribution is -2.00. The first-order valence-electron chi connectivity index (χ1n) is 5.77. The van der Waals surface area contributed by atoms with Gasteiger partial charge in [0.1, 0.15) is 6.33 Å². The van der Waals surface area contributed by atoms with Crippen LogP contribution in [0.1, 0.15) is 0 Å². The minimum atomic E-state index is 0.552. The van der Waals surface area contributed by atoms with Gasteiger partial charge in [0.15, 0.2) is 5.82 Å². The third-order valence-corrected chi connectivity index (χ3v) is 3.68. The van der Waals surface area contributed by atoms with Gasteiger partial charge in [-0.3, -0.25) is 0 Å². The lowest BCUT2D eigenvalue weighted by molar-refractivity contribution is 0.887. The van der Waals surface area contributed by atoms with Crippen LogP contribution in [0.2, 0.25) is 15.1 Å². The average Bonchev–Trinajstić information content (AvgIpc) is 2.91. The fourth-order valence-corrected chi connectivity index (χ4v) is 2.48. The lowest BCUT2D eigenvalue weighted by atomic mass is 10.2. The molecule has 0 aliphatic heterocycles. The van der Waals surface area contributed by atoms with Crippen LogP contribution in [0.15, 0.2) is 48.8 Å². The van der Waals surface area contributed by atoms with Crippen molar-refractivity contribution in [3.8, 4) is 17.1 Å². The van der Waals surface area contributed by atoms with E-state index in [1.54, 1.807) is 28.9 Å². The molecule has 3 nitrogen and oxygen atoms in total. The predicted molar refractivity (Wildman–Crippen MR) is 81.8 cm³/mol. The molecule has 0 atom stereocenters. The Morgan fingerprint density at radius 2 is 1.70 bits per heavy atom. The minimum Gasteiger partial charge on any atom is -0.215 e. The molecule has 0 bridgehead atoms. The van der Waals surface area contributed by atoms with Crippen LogP contribution in [-0.2, 0) is 0 Å². The third-order valence-electron chi connectivity index (χ3n) is 2.80. The highest BCUT2D eigenvalue weighted by Crippen LogP contribution is 2.31. The molecular formula is C14H8Cl3N3. The summed E-state index contributed by atoms with van der Waals surface area (Å²) in [6.07, 6.45) is 1.45. The van der Waals surface area contributed by atoms with E-state index in [0.717, 1.165) is 5.69 Å². The molecule has 0 saturated heterocycles. The number of hydrogen-bond acceptors (Lipinski definition) is 2. The SMILES string of the molecule is Clc1ccc(Cl)c(-c2ncnn2-c2ccccc2Cl)c1. The Kier molecular flexibility index (Phi) is 3.66. The highest BCUT2D eigenvalue weighted by Gasteiger charge is 2.14. The monoisotopic (exact) mass is 323 g/mol. The van der Waals surface area contributed by atoms with Crippen molar-refractivity contribution >= 4 is 34.8 Å². The number of hydrogen-bond donors (Lipinski definition) is 0. The number of benzene rings is 2. The van der Waals surface area contributed by atoms with Crippen molar-refractivity contribution in [2.24, 2.45) is 0 Å². The highest BCUT2D eigenvalue weighted by atomic mass is 35.5. The summed E-state index contributed by atoms with van der Waals surface area (Å²) >= 11 is 18.4. The zero-order valence-corrected chi connectivity index (χ0v) is 12.4. The summed E-state index contributed by atoms with van der Waals surface area (Å²) < 4.78 is 1.64. The summed E-state index contributed by atoms with van der Waals surface area (Å²) in [5.41, 5.74) is 1.44. The second-order valence-corrected chi connectivity index (χ2v) is 5.32. The van der Waals surface area contributed by atoms with Crippen LogP contribution >= 0.6 is 34.8 Å². The van der Waals surface area contributed by atoms with Crippen molar-refractivity contribution in [1.82, 2.24) is 14.8 Å². The van der Waals surface area contributed by atoms with E-state index in [9.17, 15) is 0 Å². The van der Waals surface area contributed by atoms with E-state index in [-0.39, 0.29) is 0 Å². The first-order valence-corrected chi connectivity index (χ1v) is 6.90. The van der Waals surface area contributed by atoms with Gasteiger partial charge in [-0.25, -0.2) is 9.67 Å². The summed E-state index contributed by atoms with van der Waals surface area (Å²) in [5.74, 6) is 0.589. The normalized spacial score (nSPS) is 10.8. The maximum atomic E-state index is 6.21. The predicted octanol–water partition coefficient (Wildman–Crippen LogP) is 4.89. The summed E-state index contributed by atoms with van der Waals surface area (Å²) in [5, 5.41) is 5.93. The molecule has 6 heteroatoms. The van der Waals surface area contributed by atoms with Gasteiger partial charge in [-0.05, 0) is 30.3 Å². The molecular weight excluding hydrogens is 317 g/mol. The molecule has 0 N–H and O–H groups in total. The first kappa shape index (κ1) is 13.4. The summed E-state index contributed by atoms with van der Waals surface area (Å²) in [4.78, 5) is 4.26. The smallest absolute Gasteiger partial charge is 0.164 e. The second kappa shape index (κ2) is 5.44. The Morgan fingerprint density at radius 3 is 2.50 bits per heavy atom. The van der Waals surface area contributed by atoms with Crippen molar-refractivity contribution in [1.29, 1.82) is 0 Å². The topological polar surface area (TPSA) is 30.7 Å². The number of para-hydroxylation sites is 1. The molecule has 0 saturated carbocycles. The zero-order valence-electron chi connectivity index (χ0n) is 10.1. The quantitative estimate of drug-likeness (QED) is 0.671. The molecule has 3 rings (SSSR count). The van der Waals surface area contributed by atoms with E-state index in [1.165, 1.54) is 6.33 Å². The number of nitrogens with zero attached hydrogens (tertiary/aromatic N) is 3. The Bertz CT molecular complexity index is 768. The largest absolute Gasteiger partial charge is 0.215 e. The zero-order chi connectivity index (χ0) is 14.1. The Morgan fingerprint density at radius 1 is 0.900 bits per heavy atom. The summed E-state index contributed by atoms with van der Waals surface area (Å²) in [7, 11) is 0. The van der Waals surface area contributed by atoms with Gasteiger partial charge in [0.05, 0.1) is 15.7 Å². The van der Waals surface area contributed by atoms with Crippen LogP contribution < -0.4 is 0 Å². The van der Waals surface area contributed by atoms with E-state index in [1.807, 2.05) is 18.2 Å². The molecule has 0 unspecified atom stereocenters. The van der Waals surface area contributed by atoms with Gasteiger partial charge in [0.2, 0.25) is 0 Å². The minimum absolute atomic E-state index is 0.552. The summed E-state index contributed by atoms with van der Waals surface area (Å²) in [6, 6.07) is 12.6. The van der Waals surface area contributed by atoms with Crippen molar-refractivity contribution in [3.63, 3.8) is 0 Å². The highest BCUT2D eigenvalue weighted by molar-refractivity contribution is 6.35. The lowest BCUT2D eigenvalue weighted by Gasteiger charge is -2.09. The van der Waals surface area contributed by atoms with Gasteiger partial charge in [0, 0.05) is 10.6 Å². The molecule has 20 heavy (non-hydrogen) atoms. The van der Waals surface area contributed by atoms with Crippen LogP contribution in [0.25, 0.3) is 17.1 Å². The van der Waals surface area contributed by atoms with E-state index < -0.39 is 0 Å². The molecule has 1 heterocycles. The molecule has 0 aliphatic carbocycles. The van der Waals surface area contributed by atoms with E-state index in [4.69, 9.17) is 34.8 Å². The number of halogens is 3. The van der Waals surface area contributed by atoms with Crippen LogP contribution in [-0.4, -0.2) is 14.8 Å². The fraction of sp³-hybridized carbons (Fsp3) is 0. The van der Waals surface area contributed by atoms with E-state index in [0.29, 0.717) is 26.5 Å². The maximum absolute atomic E-state index is 6.21. The Labute approximate surface area is 130 Å². The Hall–Kier alpha value is -1.55. The van der Waals surface area contributed by atoms with Crippen molar-refractivity contribution in [3.05, 3.63) is 63.9 Å². The summed E-state index contributed by atoms with van der Waals surface area (Å²) in [6.45, 7) is 0. The molecule has 1 aromatic heterocycles. The second-order valence-electron chi connectivity index (χ2n) is 4.07. The van der Waals surface area contributed by atoms with E-state index in [2.05, 4.69) is 10.1 Å². The van der Waals surface area contributed by atoms with Gasteiger partial charge >= 0.3 is 0 Å². The van der Waals surface area contributed by atoms with Gasteiger partial charge in [0.25, 0.3) is 0 Å². The maximum Gasteiger partial charge on any atom is 0.164 e. The molecule has 0 aliphatic rings. The molecule has 3 aromatic rings. The van der Waals surface area contributed by atoms with Crippen LogP contribution in [0.4, 0.5) is 0 Å². The van der Waals surface area contributed by atoms with Gasteiger partial charge in [-0.2, -0.15) is 5.10 Å². The van der Waals surface area contributed by atoms with E-state index >= 15 is 0 Å². The van der Waals surface area contributed by atoms with Crippen LogP contribution in [0.5, 0.6) is 0 Å². The molecule has 2 aromatic carbocycles. The average molecular weight is 325 g/mol. The molecule has 100 valence electrons. The van der Waals surface area contributed by atoms with Crippen molar-refractivity contribution in [2.45, 2.75) is 0 Å². The fourth-order valence-electron chi connectivity index (χ4n) is 1.89. The van der Waals surface area contributed by atoms with Crippen LogP contribution in [0.3, 0.4) is 0 Å². The van der Waals surface area contributed by atoms with Gasteiger partial charge in [-0.1, -0.05) is 46.9 Å². The standard InChI is InChI=1S/C14H8Cl3N3/c15-9-5-6-11(16)10(7-9)14-18-8-19-20(14)13-4-2-1-3-12(13)17/h1-8H. The molecule has 0 radical (unpaired) electrons.